The lowest BCUT2D eigenvalue weighted by atomic mass is 9.70. The summed E-state index contributed by atoms with van der Waals surface area (Å²) in [5, 5.41) is 18.9. The minimum absolute atomic E-state index is 0.114. The molecule has 188 valence electrons. The molecule has 0 aliphatic heterocycles. The second-order valence-electron chi connectivity index (χ2n) is 12.2. The molecule has 2 unspecified atom stereocenters. The topological polar surface area (TPSA) is 77.2 Å². The highest BCUT2D eigenvalue weighted by atomic mass is 28.4. The van der Waals surface area contributed by atoms with Crippen molar-refractivity contribution in [1.82, 2.24) is 15.0 Å². The summed E-state index contributed by atoms with van der Waals surface area (Å²) in [6, 6.07) is 10.6. The molecule has 1 aliphatic rings. The van der Waals surface area contributed by atoms with Crippen molar-refractivity contribution in [3.8, 4) is 0 Å². The Morgan fingerprint density at radius 2 is 1.86 bits per heavy atom. The number of carboxylic acids is 1. The van der Waals surface area contributed by atoms with E-state index in [4.69, 9.17) is 4.43 Å². The van der Waals surface area contributed by atoms with Gasteiger partial charge in [0.1, 0.15) is 5.52 Å². The van der Waals surface area contributed by atoms with Crippen molar-refractivity contribution in [2.24, 2.45) is 12.5 Å². The van der Waals surface area contributed by atoms with E-state index in [0.717, 1.165) is 40.6 Å². The van der Waals surface area contributed by atoms with Gasteiger partial charge < -0.3 is 9.53 Å². The Hall–Kier alpha value is -2.51. The van der Waals surface area contributed by atoms with Gasteiger partial charge in [-0.15, -0.1) is 5.10 Å². The van der Waals surface area contributed by atoms with Crippen LogP contribution in [0.5, 0.6) is 0 Å². The number of rotatable bonds is 6. The summed E-state index contributed by atoms with van der Waals surface area (Å²) in [5.41, 5.74) is 6.27. The summed E-state index contributed by atoms with van der Waals surface area (Å²) in [7, 11) is -0.0245. The molecule has 0 saturated carbocycles. The molecule has 2 aromatic carbocycles. The third-order valence-electron chi connectivity index (χ3n) is 8.43. The van der Waals surface area contributed by atoms with E-state index in [1.807, 2.05) is 40.0 Å². The van der Waals surface area contributed by atoms with E-state index in [1.54, 1.807) is 4.68 Å². The van der Waals surface area contributed by atoms with Gasteiger partial charge in [-0.05, 0) is 85.6 Å². The molecular formula is C28H39N3O3Si. The number of carbonyl (C=O) groups is 1. The molecule has 1 heterocycles. The summed E-state index contributed by atoms with van der Waals surface area (Å²) >= 11 is 0. The molecule has 3 aromatic rings. The maximum atomic E-state index is 12.5. The molecule has 0 spiro atoms. The monoisotopic (exact) mass is 493 g/mol. The fourth-order valence-corrected chi connectivity index (χ4v) is 6.41. The predicted molar refractivity (Wildman–Crippen MR) is 142 cm³/mol. The Morgan fingerprint density at radius 1 is 1.17 bits per heavy atom. The van der Waals surface area contributed by atoms with Gasteiger partial charge >= 0.3 is 5.97 Å². The molecule has 1 aliphatic carbocycles. The average Bonchev–Trinajstić information content (AvgIpc) is 3.32. The van der Waals surface area contributed by atoms with Gasteiger partial charge in [0, 0.05) is 13.0 Å². The smallest absolute Gasteiger partial charge is 0.310 e. The summed E-state index contributed by atoms with van der Waals surface area (Å²) < 4.78 is 8.53. The van der Waals surface area contributed by atoms with Gasteiger partial charge in [0.15, 0.2) is 8.32 Å². The lowest BCUT2D eigenvalue weighted by molar-refractivity contribution is -0.147. The van der Waals surface area contributed by atoms with Gasteiger partial charge in [0.25, 0.3) is 0 Å². The van der Waals surface area contributed by atoms with Crippen molar-refractivity contribution in [2.45, 2.75) is 84.5 Å². The van der Waals surface area contributed by atoms with Gasteiger partial charge in [-0.3, -0.25) is 4.79 Å². The van der Waals surface area contributed by atoms with Gasteiger partial charge in [-0.1, -0.05) is 50.3 Å². The van der Waals surface area contributed by atoms with Crippen molar-refractivity contribution in [2.75, 3.05) is 0 Å². The number of nitrogens with zero attached hydrogens (tertiary/aromatic N) is 3. The molecular weight excluding hydrogens is 454 g/mol. The zero-order valence-corrected chi connectivity index (χ0v) is 23.6. The number of benzene rings is 2. The van der Waals surface area contributed by atoms with Crippen LogP contribution in [0.15, 0.2) is 30.3 Å². The van der Waals surface area contributed by atoms with Crippen LogP contribution in [0.3, 0.4) is 0 Å². The standard InChI is InChI=1S/C28H39N3O3Si/c1-17-20(13-14-22-25(17)29-30-31(22)7)24(28(5,6)26(32)33)19-10-12-21-18(16-19)11-15-23(21)34-35(8,9)27(2,3)4/h10,12-14,16,23-24H,11,15H2,1-9H3,(H,32,33). The van der Waals surface area contributed by atoms with E-state index in [9.17, 15) is 9.90 Å². The van der Waals surface area contributed by atoms with Gasteiger partial charge in [-0.2, -0.15) is 0 Å². The number of carboxylic acid groups (broad SMARTS) is 1. The Kier molecular flexibility index (Phi) is 6.25. The molecule has 1 N–H and O–H groups in total. The molecule has 7 heteroatoms. The highest BCUT2D eigenvalue weighted by molar-refractivity contribution is 6.74. The lowest BCUT2D eigenvalue weighted by Gasteiger charge is -2.38. The summed E-state index contributed by atoms with van der Waals surface area (Å²) in [6.07, 6.45) is 2.04. The Bertz CT molecular complexity index is 1290. The molecule has 2 atom stereocenters. The molecule has 35 heavy (non-hydrogen) atoms. The Labute approximate surface area is 209 Å². The van der Waals surface area contributed by atoms with Crippen LogP contribution in [0, 0.1) is 12.3 Å². The first-order chi connectivity index (χ1) is 16.1. The predicted octanol–water partition coefficient (Wildman–Crippen LogP) is 6.53. The van der Waals surface area contributed by atoms with Gasteiger partial charge in [0.05, 0.1) is 17.0 Å². The van der Waals surface area contributed by atoms with Crippen LogP contribution in [0.1, 0.15) is 80.9 Å². The summed E-state index contributed by atoms with van der Waals surface area (Å²) in [4.78, 5) is 12.5. The third kappa shape index (κ3) is 4.33. The van der Waals surface area contributed by atoms with E-state index >= 15 is 0 Å². The van der Waals surface area contributed by atoms with Crippen molar-refractivity contribution in [3.63, 3.8) is 0 Å². The highest BCUT2D eigenvalue weighted by Gasteiger charge is 2.42. The van der Waals surface area contributed by atoms with Crippen LogP contribution in [0.25, 0.3) is 11.0 Å². The lowest BCUT2D eigenvalue weighted by Crippen LogP contribution is -2.41. The third-order valence-corrected chi connectivity index (χ3v) is 12.9. The molecule has 0 fully saturated rings. The van der Waals surface area contributed by atoms with Gasteiger partial charge in [0.2, 0.25) is 0 Å². The molecule has 0 amide bonds. The normalized spacial score (nSPS) is 17.6. The Balaban J connectivity index is 1.79. The number of aryl methyl sites for hydroxylation is 3. The van der Waals surface area contributed by atoms with E-state index in [-0.39, 0.29) is 17.1 Å². The van der Waals surface area contributed by atoms with Crippen LogP contribution in [-0.4, -0.2) is 34.4 Å². The highest BCUT2D eigenvalue weighted by Crippen LogP contribution is 2.47. The number of aromatic nitrogens is 3. The fraction of sp³-hybridized carbons (Fsp3) is 0.536. The minimum atomic E-state index is -1.90. The maximum Gasteiger partial charge on any atom is 0.310 e. The van der Waals surface area contributed by atoms with Crippen LogP contribution in [-0.2, 0) is 22.7 Å². The van der Waals surface area contributed by atoms with Crippen molar-refractivity contribution in [3.05, 3.63) is 58.1 Å². The Morgan fingerprint density at radius 3 is 2.49 bits per heavy atom. The van der Waals surface area contributed by atoms with Crippen LogP contribution < -0.4 is 0 Å². The SMILES string of the molecule is Cc1c(C(c2ccc3c(c2)CCC3O[Si](C)(C)C(C)(C)C)C(C)(C)C(=O)O)ccc2c1nnn2C. The first-order valence-corrected chi connectivity index (χ1v) is 15.4. The summed E-state index contributed by atoms with van der Waals surface area (Å²) in [5.74, 6) is -1.14. The number of hydrogen-bond donors (Lipinski definition) is 1. The van der Waals surface area contributed by atoms with E-state index in [0.29, 0.717) is 0 Å². The van der Waals surface area contributed by atoms with Crippen molar-refractivity contribution >= 4 is 25.3 Å². The number of aliphatic carboxylic acids is 1. The minimum Gasteiger partial charge on any atom is -0.481 e. The van der Waals surface area contributed by atoms with Crippen LogP contribution >= 0.6 is 0 Å². The number of hydrogen-bond acceptors (Lipinski definition) is 4. The van der Waals surface area contributed by atoms with E-state index in [2.05, 4.69) is 62.4 Å². The second-order valence-corrected chi connectivity index (χ2v) is 16.9. The second kappa shape index (κ2) is 8.56. The zero-order valence-electron chi connectivity index (χ0n) is 22.6. The van der Waals surface area contributed by atoms with E-state index in [1.165, 1.54) is 11.1 Å². The van der Waals surface area contributed by atoms with Crippen molar-refractivity contribution < 1.29 is 14.3 Å². The molecule has 0 radical (unpaired) electrons. The van der Waals surface area contributed by atoms with E-state index < -0.39 is 19.7 Å². The molecule has 0 saturated heterocycles. The first-order valence-electron chi connectivity index (χ1n) is 12.5. The fourth-order valence-electron chi connectivity index (χ4n) is 5.10. The number of fused-ring (bicyclic) bond motifs is 2. The molecule has 4 rings (SSSR count). The van der Waals surface area contributed by atoms with Crippen LogP contribution in [0.2, 0.25) is 18.1 Å². The van der Waals surface area contributed by atoms with Crippen LogP contribution in [0.4, 0.5) is 0 Å². The largest absolute Gasteiger partial charge is 0.481 e. The molecule has 1 aromatic heterocycles. The van der Waals surface area contributed by atoms with Gasteiger partial charge in [-0.25, -0.2) is 4.68 Å². The molecule has 6 nitrogen and oxygen atoms in total. The first kappa shape index (κ1) is 25.6. The quantitative estimate of drug-likeness (QED) is 0.395. The average molecular weight is 494 g/mol. The molecule has 0 bridgehead atoms. The zero-order chi connectivity index (χ0) is 25.9. The van der Waals surface area contributed by atoms with Crippen molar-refractivity contribution in [1.29, 1.82) is 0 Å². The maximum absolute atomic E-state index is 12.5. The summed E-state index contributed by atoms with van der Waals surface area (Å²) in [6.45, 7) is 17.1.